The van der Waals surface area contributed by atoms with Crippen LogP contribution >= 0.6 is 11.6 Å². The molecule has 0 atom stereocenters. The lowest BCUT2D eigenvalue weighted by Gasteiger charge is -2.12. The minimum atomic E-state index is -0.227. The van der Waals surface area contributed by atoms with Crippen molar-refractivity contribution in [2.24, 2.45) is 0 Å². The van der Waals surface area contributed by atoms with Gasteiger partial charge in [-0.3, -0.25) is 4.79 Å². The molecule has 5 nitrogen and oxygen atoms in total. The Morgan fingerprint density at radius 2 is 1.71 bits per heavy atom. The number of rotatable bonds is 8. The van der Waals surface area contributed by atoms with Crippen LogP contribution in [0.4, 0.5) is 5.69 Å². The Morgan fingerprint density at radius 3 is 2.38 bits per heavy atom. The molecule has 1 amide bonds. The lowest BCUT2D eigenvalue weighted by molar-refractivity contribution is -0.111. The number of halogens is 1. The molecule has 0 saturated carbocycles. The molecule has 0 radical (unpaired) electrons. The van der Waals surface area contributed by atoms with Crippen molar-refractivity contribution in [3.05, 3.63) is 83.6 Å². The lowest BCUT2D eigenvalue weighted by Crippen LogP contribution is -2.08. The van der Waals surface area contributed by atoms with Crippen LogP contribution < -0.4 is 14.8 Å². The van der Waals surface area contributed by atoms with E-state index >= 15 is 0 Å². The summed E-state index contributed by atoms with van der Waals surface area (Å²) in [5.41, 5.74) is 4.95. The molecule has 1 aromatic heterocycles. The van der Waals surface area contributed by atoms with Crippen molar-refractivity contribution in [1.82, 2.24) is 0 Å². The van der Waals surface area contributed by atoms with Gasteiger partial charge in [0.15, 0.2) is 0 Å². The van der Waals surface area contributed by atoms with E-state index in [4.69, 9.17) is 25.5 Å². The number of allylic oxidation sites excluding steroid dienone is 1. The summed E-state index contributed by atoms with van der Waals surface area (Å²) in [5, 5.41) is 4.50. The second-order valence-electron chi connectivity index (χ2n) is 7.71. The molecule has 0 aliphatic carbocycles. The summed E-state index contributed by atoms with van der Waals surface area (Å²) >= 11 is 6.05. The normalized spacial score (nSPS) is 11.5. The van der Waals surface area contributed by atoms with E-state index in [1.54, 1.807) is 12.3 Å². The molecule has 1 N–H and O–H groups in total. The molecule has 4 rings (SSSR count). The second kappa shape index (κ2) is 10.5. The molecule has 34 heavy (non-hydrogen) atoms. The van der Waals surface area contributed by atoms with Crippen LogP contribution in [0.1, 0.15) is 26.3 Å². The minimum Gasteiger partial charge on any atom is -0.494 e. The number of nitrogens with one attached hydrogen (secondary N) is 1. The summed E-state index contributed by atoms with van der Waals surface area (Å²) in [5.74, 6) is 1.20. The van der Waals surface area contributed by atoms with Crippen molar-refractivity contribution in [3.63, 3.8) is 0 Å². The number of carbonyl (C=O) groups is 1. The van der Waals surface area contributed by atoms with Crippen molar-refractivity contribution in [3.8, 4) is 22.6 Å². The van der Waals surface area contributed by atoms with Crippen molar-refractivity contribution in [1.29, 1.82) is 0 Å². The Labute approximate surface area is 203 Å². The summed E-state index contributed by atoms with van der Waals surface area (Å²) in [6.45, 7) is 6.83. The van der Waals surface area contributed by atoms with Crippen molar-refractivity contribution in [2.45, 2.75) is 20.8 Å². The first-order chi connectivity index (χ1) is 16.5. The number of furan rings is 1. The first-order valence-electron chi connectivity index (χ1n) is 11.1. The molecule has 0 unspecified atom stereocenters. The predicted molar refractivity (Wildman–Crippen MR) is 138 cm³/mol. The van der Waals surface area contributed by atoms with Crippen LogP contribution in [-0.2, 0) is 4.79 Å². The monoisotopic (exact) mass is 475 g/mol. The van der Waals surface area contributed by atoms with Crippen LogP contribution in [0.3, 0.4) is 0 Å². The Kier molecular flexibility index (Phi) is 7.24. The average molecular weight is 476 g/mol. The fourth-order valence-corrected chi connectivity index (χ4v) is 3.87. The van der Waals surface area contributed by atoms with Crippen LogP contribution in [0.25, 0.3) is 27.7 Å². The van der Waals surface area contributed by atoms with Crippen LogP contribution in [0.15, 0.2) is 77.4 Å². The van der Waals surface area contributed by atoms with E-state index in [9.17, 15) is 4.79 Å². The fourth-order valence-electron chi connectivity index (χ4n) is 3.75. The zero-order valence-electron chi connectivity index (χ0n) is 19.4. The number of ether oxygens (including phenoxy) is 2. The summed E-state index contributed by atoms with van der Waals surface area (Å²) in [6.07, 6.45) is 3.30. The fraction of sp³-hybridized carbons (Fsp3) is 0.179. The van der Waals surface area contributed by atoms with E-state index in [1.807, 2.05) is 81.4 Å². The topological polar surface area (TPSA) is 60.7 Å². The van der Waals surface area contributed by atoms with E-state index in [2.05, 4.69) is 5.32 Å². The highest BCUT2D eigenvalue weighted by molar-refractivity contribution is 6.30. The van der Waals surface area contributed by atoms with Gasteiger partial charge in [-0.25, -0.2) is 0 Å². The highest BCUT2D eigenvalue weighted by Gasteiger charge is 2.15. The first kappa shape index (κ1) is 23.5. The third-order valence-corrected chi connectivity index (χ3v) is 5.59. The molecule has 0 spiro atoms. The Bertz CT molecular complexity index is 1320. The molecular formula is C28H26ClNO4. The van der Waals surface area contributed by atoms with Crippen molar-refractivity contribution in [2.75, 3.05) is 18.5 Å². The quantitative estimate of drug-likeness (QED) is 0.266. The SMILES string of the molecule is CCOc1ccc(NC(=O)/C=C(\C)c2cc3c(-c4ccc(Cl)cc4)coc3cc2OCC)cc1. The van der Waals surface area contributed by atoms with E-state index in [0.717, 1.165) is 33.4 Å². The van der Waals surface area contributed by atoms with Crippen LogP contribution in [0, 0.1) is 0 Å². The zero-order chi connectivity index (χ0) is 24.1. The summed E-state index contributed by atoms with van der Waals surface area (Å²) < 4.78 is 17.1. The van der Waals surface area contributed by atoms with E-state index in [0.29, 0.717) is 35.3 Å². The Hall–Kier alpha value is -3.70. The van der Waals surface area contributed by atoms with Gasteiger partial charge in [-0.1, -0.05) is 23.7 Å². The molecule has 174 valence electrons. The van der Waals surface area contributed by atoms with Crippen molar-refractivity contribution < 1.29 is 18.7 Å². The number of amides is 1. The standard InChI is InChI=1S/C28H26ClNO4/c1-4-32-22-12-10-21(11-13-22)30-28(31)14-18(3)23-15-24-25(19-6-8-20(29)9-7-19)17-34-27(24)16-26(23)33-5-2/h6-17H,4-5H2,1-3H3,(H,30,31)/b18-14+. The number of benzene rings is 3. The number of anilines is 1. The number of fused-ring (bicyclic) bond motifs is 1. The average Bonchev–Trinajstić information content (AvgIpc) is 3.23. The molecule has 0 aliphatic heterocycles. The maximum absolute atomic E-state index is 12.7. The third kappa shape index (κ3) is 5.26. The maximum Gasteiger partial charge on any atom is 0.248 e. The van der Waals surface area contributed by atoms with Crippen LogP contribution in [0.5, 0.6) is 11.5 Å². The smallest absolute Gasteiger partial charge is 0.248 e. The van der Waals surface area contributed by atoms with Crippen LogP contribution in [-0.4, -0.2) is 19.1 Å². The molecule has 6 heteroatoms. The highest BCUT2D eigenvalue weighted by atomic mass is 35.5. The lowest BCUT2D eigenvalue weighted by atomic mass is 9.99. The van der Waals surface area contributed by atoms with Gasteiger partial charge in [0.1, 0.15) is 17.1 Å². The summed E-state index contributed by atoms with van der Waals surface area (Å²) in [4.78, 5) is 12.7. The van der Waals surface area contributed by atoms with Crippen molar-refractivity contribution >= 4 is 39.7 Å². The van der Waals surface area contributed by atoms with Gasteiger partial charge in [0, 0.05) is 39.4 Å². The molecule has 1 heterocycles. The van der Waals surface area contributed by atoms with Gasteiger partial charge in [0.25, 0.3) is 0 Å². The van der Waals surface area contributed by atoms with Gasteiger partial charge in [0.05, 0.1) is 19.5 Å². The zero-order valence-corrected chi connectivity index (χ0v) is 20.1. The van der Waals surface area contributed by atoms with Gasteiger partial charge in [-0.15, -0.1) is 0 Å². The van der Waals surface area contributed by atoms with E-state index in [-0.39, 0.29) is 5.91 Å². The molecule has 0 bridgehead atoms. The summed E-state index contributed by atoms with van der Waals surface area (Å²) in [7, 11) is 0. The van der Waals surface area contributed by atoms with Gasteiger partial charge in [0.2, 0.25) is 5.91 Å². The Balaban J connectivity index is 1.65. The molecule has 0 aliphatic rings. The largest absolute Gasteiger partial charge is 0.494 e. The maximum atomic E-state index is 12.7. The van der Waals surface area contributed by atoms with E-state index in [1.165, 1.54) is 0 Å². The molecule has 3 aromatic carbocycles. The van der Waals surface area contributed by atoms with E-state index < -0.39 is 0 Å². The molecular weight excluding hydrogens is 450 g/mol. The van der Waals surface area contributed by atoms with Crippen LogP contribution in [0.2, 0.25) is 5.02 Å². The Morgan fingerprint density at radius 1 is 1.00 bits per heavy atom. The van der Waals surface area contributed by atoms with Gasteiger partial charge in [-0.05, 0) is 74.4 Å². The van der Waals surface area contributed by atoms with Gasteiger partial charge in [-0.2, -0.15) is 0 Å². The van der Waals surface area contributed by atoms with Gasteiger partial charge >= 0.3 is 0 Å². The first-order valence-corrected chi connectivity index (χ1v) is 11.5. The number of hydrogen-bond acceptors (Lipinski definition) is 4. The minimum absolute atomic E-state index is 0.227. The molecule has 0 fully saturated rings. The summed E-state index contributed by atoms with van der Waals surface area (Å²) in [6, 6.07) is 18.8. The molecule has 4 aromatic rings. The second-order valence-corrected chi connectivity index (χ2v) is 8.14. The highest BCUT2D eigenvalue weighted by Crippen LogP contribution is 2.37. The predicted octanol–water partition coefficient (Wildman–Crippen LogP) is 7.59. The van der Waals surface area contributed by atoms with Gasteiger partial charge < -0.3 is 19.2 Å². The molecule has 0 saturated heterocycles. The number of carbonyl (C=O) groups excluding carboxylic acids is 1. The third-order valence-electron chi connectivity index (χ3n) is 5.34. The number of hydrogen-bond donors (Lipinski definition) is 1.